The average molecular weight is 330 g/mol. The molecule has 0 N–H and O–H groups in total. The molecule has 0 atom stereocenters. The van der Waals surface area contributed by atoms with Crippen LogP contribution in [0, 0.1) is 0 Å². The number of fused-ring (bicyclic) bond motifs is 1. The number of aryl methyl sites for hydroxylation is 1. The lowest BCUT2D eigenvalue weighted by molar-refractivity contribution is 0.400. The smallest absolute Gasteiger partial charge is 0.0591 e. The van der Waals surface area contributed by atoms with E-state index in [0.29, 0.717) is 0 Å². The van der Waals surface area contributed by atoms with E-state index in [1.54, 1.807) is 0 Å². The van der Waals surface area contributed by atoms with Crippen molar-refractivity contribution in [3.8, 4) is 0 Å². The van der Waals surface area contributed by atoms with Crippen LogP contribution in [0.15, 0.2) is 18.2 Å². The van der Waals surface area contributed by atoms with Crippen molar-refractivity contribution >= 4 is 28.6 Å². The molecule has 88 valence electrons. The number of hydrogen-bond donors (Lipinski definition) is 0. The minimum Gasteiger partial charge on any atom is -0.314 e. The van der Waals surface area contributed by atoms with Crippen molar-refractivity contribution in [2.24, 2.45) is 0 Å². The van der Waals surface area contributed by atoms with Gasteiger partial charge in [0.1, 0.15) is 0 Å². The van der Waals surface area contributed by atoms with Gasteiger partial charge in [-0.3, -0.25) is 0 Å². The quantitative estimate of drug-likeness (QED) is 0.619. The maximum Gasteiger partial charge on any atom is 0.0591 e. The molecule has 0 amide bonds. The molecule has 1 aromatic rings. The van der Waals surface area contributed by atoms with Crippen LogP contribution in [0.3, 0.4) is 0 Å². The molecule has 1 aliphatic heterocycles. The molecule has 0 radical (unpaired) electrons. The molecular formula is C13H19IN2. The molecule has 0 bridgehead atoms. The molecule has 0 saturated heterocycles. The molecule has 0 aliphatic carbocycles. The summed E-state index contributed by atoms with van der Waals surface area (Å²) < 4.78 is 2.34. The monoisotopic (exact) mass is 330 g/mol. The van der Waals surface area contributed by atoms with E-state index in [9.17, 15) is 0 Å². The van der Waals surface area contributed by atoms with E-state index in [-0.39, 0.29) is 0 Å². The third-order valence-corrected chi connectivity index (χ3v) is 4.06. The molecule has 0 fully saturated rings. The Labute approximate surface area is 112 Å². The highest BCUT2D eigenvalue weighted by Crippen LogP contribution is 2.31. The summed E-state index contributed by atoms with van der Waals surface area (Å²) in [4.78, 5) is 2.25. The average Bonchev–Trinajstić information content (AvgIpc) is 2.60. The largest absolute Gasteiger partial charge is 0.314 e. The summed E-state index contributed by atoms with van der Waals surface area (Å²) >= 11 is 2.41. The summed E-state index contributed by atoms with van der Waals surface area (Å²) in [6.45, 7) is 2.34. The standard InChI is InChI=1S/C13H19IN2/c1-15(2)8-3-4-11-5-6-12-7-9-16(14)13(12)10-11/h5-6,10H,3-4,7-9H2,1-2H3. The Morgan fingerprint density at radius 3 is 2.94 bits per heavy atom. The van der Waals surface area contributed by atoms with Crippen molar-refractivity contribution in [3.05, 3.63) is 29.3 Å². The highest BCUT2D eigenvalue weighted by Gasteiger charge is 2.16. The summed E-state index contributed by atoms with van der Waals surface area (Å²) in [7, 11) is 4.27. The molecule has 2 rings (SSSR count). The molecule has 0 spiro atoms. The predicted octanol–water partition coefficient (Wildman–Crippen LogP) is 2.89. The lowest BCUT2D eigenvalue weighted by Crippen LogP contribution is -2.13. The van der Waals surface area contributed by atoms with Crippen molar-refractivity contribution in [2.45, 2.75) is 19.3 Å². The molecular weight excluding hydrogens is 311 g/mol. The van der Waals surface area contributed by atoms with Crippen LogP contribution in [0.4, 0.5) is 5.69 Å². The second-order valence-corrected chi connectivity index (χ2v) is 5.87. The summed E-state index contributed by atoms with van der Waals surface area (Å²) in [6, 6.07) is 6.97. The zero-order valence-electron chi connectivity index (χ0n) is 10.0. The second kappa shape index (κ2) is 5.36. The van der Waals surface area contributed by atoms with Gasteiger partial charge in [0.05, 0.1) is 22.9 Å². The van der Waals surface area contributed by atoms with Crippen LogP contribution in [-0.2, 0) is 12.8 Å². The van der Waals surface area contributed by atoms with Gasteiger partial charge in [0.2, 0.25) is 0 Å². The van der Waals surface area contributed by atoms with Crippen LogP contribution in [0.5, 0.6) is 0 Å². The maximum absolute atomic E-state index is 2.41. The van der Waals surface area contributed by atoms with E-state index in [1.165, 1.54) is 42.6 Å². The van der Waals surface area contributed by atoms with E-state index in [1.807, 2.05) is 0 Å². The van der Waals surface area contributed by atoms with Crippen molar-refractivity contribution in [1.29, 1.82) is 0 Å². The molecule has 3 heteroatoms. The van der Waals surface area contributed by atoms with Gasteiger partial charge in [0.25, 0.3) is 0 Å². The number of benzene rings is 1. The first-order valence-electron chi connectivity index (χ1n) is 5.86. The lowest BCUT2D eigenvalue weighted by Gasteiger charge is -2.12. The van der Waals surface area contributed by atoms with E-state index in [4.69, 9.17) is 0 Å². The van der Waals surface area contributed by atoms with E-state index in [2.05, 4.69) is 63.2 Å². The van der Waals surface area contributed by atoms with Gasteiger partial charge in [-0.1, -0.05) is 12.1 Å². The molecule has 1 heterocycles. The van der Waals surface area contributed by atoms with E-state index >= 15 is 0 Å². The molecule has 16 heavy (non-hydrogen) atoms. The number of nitrogens with zero attached hydrogens (tertiary/aromatic N) is 2. The van der Waals surface area contributed by atoms with Crippen LogP contribution in [0.25, 0.3) is 0 Å². The summed E-state index contributed by atoms with van der Waals surface area (Å²) in [5.41, 5.74) is 4.41. The van der Waals surface area contributed by atoms with Crippen LogP contribution in [0.2, 0.25) is 0 Å². The topological polar surface area (TPSA) is 6.48 Å². The molecule has 1 aliphatic rings. The molecule has 0 saturated carbocycles. The Kier molecular flexibility index (Phi) is 4.08. The van der Waals surface area contributed by atoms with Gasteiger partial charge in [-0.15, -0.1) is 0 Å². The minimum absolute atomic E-state index is 1.16. The Balaban J connectivity index is 1.98. The van der Waals surface area contributed by atoms with E-state index < -0.39 is 0 Å². The van der Waals surface area contributed by atoms with Gasteiger partial charge in [-0.25, -0.2) is 0 Å². The Morgan fingerprint density at radius 1 is 1.38 bits per heavy atom. The Hall–Kier alpha value is -0.290. The van der Waals surface area contributed by atoms with Gasteiger partial charge in [0, 0.05) is 12.2 Å². The van der Waals surface area contributed by atoms with Crippen molar-refractivity contribution in [1.82, 2.24) is 4.90 Å². The van der Waals surface area contributed by atoms with E-state index in [0.717, 1.165) is 6.54 Å². The molecule has 2 nitrogen and oxygen atoms in total. The minimum atomic E-state index is 1.16. The zero-order chi connectivity index (χ0) is 11.5. The maximum atomic E-state index is 2.41. The van der Waals surface area contributed by atoms with Crippen LogP contribution in [0.1, 0.15) is 17.5 Å². The normalized spacial score (nSPS) is 14.6. The first kappa shape index (κ1) is 12.2. The number of rotatable bonds is 4. The molecule has 1 aromatic carbocycles. The first-order chi connectivity index (χ1) is 7.66. The number of halogens is 1. The highest BCUT2D eigenvalue weighted by atomic mass is 127. The number of hydrogen-bond acceptors (Lipinski definition) is 2. The third-order valence-electron chi connectivity index (χ3n) is 3.06. The fourth-order valence-electron chi connectivity index (χ4n) is 2.14. The first-order valence-corrected chi connectivity index (χ1v) is 6.83. The fraction of sp³-hybridized carbons (Fsp3) is 0.538. The van der Waals surface area contributed by atoms with Gasteiger partial charge < -0.3 is 8.01 Å². The van der Waals surface area contributed by atoms with Crippen molar-refractivity contribution in [2.75, 3.05) is 30.3 Å². The van der Waals surface area contributed by atoms with Gasteiger partial charge in [-0.05, 0) is 57.1 Å². The van der Waals surface area contributed by atoms with Gasteiger partial charge in [-0.2, -0.15) is 0 Å². The van der Waals surface area contributed by atoms with Gasteiger partial charge >= 0.3 is 0 Å². The summed E-state index contributed by atoms with van der Waals surface area (Å²) in [5, 5.41) is 0. The summed E-state index contributed by atoms with van der Waals surface area (Å²) in [6.07, 6.45) is 3.64. The van der Waals surface area contributed by atoms with Crippen LogP contribution < -0.4 is 3.11 Å². The van der Waals surface area contributed by atoms with Crippen molar-refractivity contribution < 1.29 is 0 Å². The van der Waals surface area contributed by atoms with Gasteiger partial charge in [0.15, 0.2) is 0 Å². The van der Waals surface area contributed by atoms with Crippen LogP contribution >= 0.6 is 22.9 Å². The zero-order valence-corrected chi connectivity index (χ0v) is 12.2. The second-order valence-electron chi connectivity index (χ2n) is 4.71. The number of anilines is 1. The summed E-state index contributed by atoms with van der Waals surface area (Å²) in [5.74, 6) is 0. The highest BCUT2D eigenvalue weighted by molar-refractivity contribution is 14.1. The Bertz CT molecular complexity index is 363. The molecule has 0 aromatic heterocycles. The Morgan fingerprint density at radius 2 is 2.19 bits per heavy atom. The lowest BCUT2D eigenvalue weighted by atomic mass is 10.1. The van der Waals surface area contributed by atoms with Crippen molar-refractivity contribution in [3.63, 3.8) is 0 Å². The predicted molar refractivity (Wildman–Crippen MR) is 78.4 cm³/mol. The third kappa shape index (κ3) is 2.88. The fourth-order valence-corrected chi connectivity index (χ4v) is 2.83. The SMILES string of the molecule is CN(C)CCCc1ccc2c(c1)N(I)CC2. The van der Waals surface area contributed by atoms with Crippen LogP contribution in [-0.4, -0.2) is 32.1 Å². The molecule has 0 unspecified atom stereocenters.